The second kappa shape index (κ2) is 9.59. The fraction of sp³-hybridized carbons (Fsp3) is 0.350. The van der Waals surface area contributed by atoms with E-state index in [1.807, 2.05) is 60.6 Å². The number of nitrogens with zero attached hydrogens (tertiary/aromatic N) is 2. The SMILES string of the molecule is CCOc1cc(/C=N\N2CCOCC2)cc(Br)c1OCc1ccccc1. The lowest BCUT2D eigenvalue weighted by Crippen LogP contribution is -2.32. The van der Waals surface area contributed by atoms with Crippen LogP contribution >= 0.6 is 15.9 Å². The summed E-state index contributed by atoms with van der Waals surface area (Å²) < 4.78 is 18.0. The van der Waals surface area contributed by atoms with Gasteiger partial charge in [-0.05, 0) is 46.1 Å². The minimum absolute atomic E-state index is 0.487. The zero-order valence-electron chi connectivity index (χ0n) is 14.9. The molecule has 0 radical (unpaired) electrons. The van der Waals surface area contributed by atoms with Crippen molar-refractivity contribution in [3.05, 3.63) is 58.1 Å². The van der Waals surface area contributed by atoms with Crippen molar-refractivity contribution >= 4 is 22.1 Å². The standard InChI is InChI=1S/C20H23BrN2O3/c1-2-25-19-13-17(14-22-23-8-10-24-11-9-23)12-18(21)20(19)26-15-16-6-4-3-5-7-16/h3-7,12-14H,2,8-11,15H2,1H3/b22-14-. The monoisotopic (exact) mass is 418 g/mol. The first-order valence-corrected chi connectivity index (χ1v) is 9.55. The van der Waals surface area contributed by atoms with Crippen molar-refractivity contribution in [2.24, 2.45) is 5.10 Å². The van der Waals surface area contributed by atoms with Crippen LogP contribution in [0.2, 0.25) is 0 Å². The third-order valence-electron chi connectivity index (χ3n) is 3.92. The van der Waals surface area contributed by atoms with Crippen molar-refractivity contribution in [2.75, 3.05) is 32.9 Å². The maximum Gasteiger partial charge on any atom is 0.175 e. The Morgan fingerprint density at radius 3 is 2.65 bits per heavy atom. The van der Waals surface area contributed by atoms with Gasteiger partial charge in [-0.3, -0.25) is 5.01 Å². The Morgan fingerprint density at radius 2 is 1.92 bits per heavy atom. The number of hydrogen-bond donors (Lipinski definition) is 0. The molecular formula is C20H23BrN2O3. The quantitative estimate of drug-likeness (QED) is 0.634. The first-order valence-electron chi connectivity index (χ1n) is 8.76. The number of hydrogen-bond acceptors (Lipinski definition) is 5. The van der Waals surface area contributed by atoms with Crippen LogP contribution in [0.15, 0.2) is 52.0 Å². The van der Waals surface area contributed by atoms with Gasteiger partial charge in [-0.1, -0.05) is 30.3 Å². The summed E-state index contributed by atoms with van der Waals surface area (Å²) in [5, 5.41) is 6.54. The summed E-state index contributed by atoms with van der Waals surface area (Å²) in [6.07, 6.45) is 1.85. The largest absolute Gasteiger partial charge is 0.490 e. The minimum Gasteiger partial charge on any atom is -0.490 e. The van der Waals surface area contributed by atoms with E-state index < -0.39 is 0 Å². The topological polar surface area (TPSA) is 43.3 Å². The Morgan fingerprint density at radius 1 is 1.15 bits per heavy atom. The van der Waals surface area contributed by atoms with E-state index in [4.69, 9.17) is 14.2 Å². The van der Waals surface area contributed by atoms with E-state index in [0.717, 1.165) is 41.9 Å². The summed E-state index contributed by atoms with van der Waals surface area (Å²) in [7, 11) is 0. The molecule has 0 saturated carbocycles. The highest BCUT2D eigenvalue weighted by Crippen LogP contribution is 2.37. The van der Waals surface area contributed by atoms with Gasteiger partial charge in [0.05, 0.1) is 43.6 Å². The van der Waals surface area contributed by atoms with Crippen LogP contribution in [0.3, 0.4) is 0 Å². The van der Waals surface area contributed by atoms with E-state index in [1.54, 1.807) is 0 Å². The maximum atomic E-state index is 6.01. The van der Waals surface area contributed by atoms with Gasteiger partial charge in [-0.25, -0.2) is 0 Å². The molecule has 0 unspecified atom stereocenters. The molecule has 0 aliphatic carbocycles. The highest BCUT2D eigenvalue weighted by molar-refractivity contribution is 9.10. The van der Waals surface area contributed by atoms with E-state index in [9.17, 15) is 0 Å². The molecule has 1 fully saturated rings. The molecular weight excluding hydrogens is 396 g/mol. The van der Waals surface area contributed by atoms with Gasteiger partial charge in [0, 0.05) is 0 Å². The van der Waals surface area contributed by atoms with Gasteiger partial charge in [-0.15, -0.1) is 0 Å². The Bertz CT molecular complexity index is 731. The predicted octanol–water partition coefficient (Wildman–Crippen LogP) is 4.09. The number of rotatable bonds is 7. The van der Waals surface area contributed by atoms with Gasteiger partial charge in [0.25, 0.3) is 0 Å². The van der Waals surface area contributed by atoms with Gasteiger partial charge in [0.15, 0.2) is 11.5 Å². The lowest BCUT2D eigenvalue weighted by molar-refractivity contribution is 0.0397. The van der Waals surface area contributed by atoms with Crippen LogP contribution in [-0.2, 0) is 11.3 Å². The highest BCUT2D eigenvalue weighted by atomic mass is 79.9. The molecule has 0 aromatic heterocycles. The molecule has 5 nitrogen and oxygen atoms in total. The smallest absolute Gasteiger partial charge is 0.175 e. The van der Waals surface area contributed by atoms with Crippen molar-refractivity contribution in [1.82, 2.24) is 5.01 Å². The zero-order chi connectivity index (χ0) is 18.2. The van der Waals surface area contributed by atoms with Crippen LogP contribution < -0.4 is 9.47 Å². The Kier molecular flexibility index (Phi) is 6.91. The minimum atomic E-state index is 0.487. The van der Waals surface area contributed by atoms with Crippen LogP contribution in [0.5, 0.6) is 11.5 Å². The molecule has 2 aromatic rings. The van der Waals surface area contributed by atoms with Crippen molar-refractivity contribution in [2.45, 2.75) is 13.5 Å². The summed E-state index contributed by atoms with van der Waals surface area (Å²) in [4.78, 5) is 0. The molecule has 3 rings (SSSR count). The van der Waals surface area contributed by atoms with Crippen LogP contribution in [-0.4, -0.2) is 44.1 Å². The molecule has 1 aliphatic heterocycles. The molecule has 0 bridgehead atoms. The number of halogens is 1. The third-order valence-corrected chi connectivity index (χ3v) is 4.50. The first-order chi connectivity index (χ1) is 12.8. The van der Waals surface area contributed by atoms with Crippen LogP contribution in [0.1, 0.15) is 18.1 Å². The normalized spacial score (nSPS) is 14.6. The van der Waals surface area contributed by atoms with E-state index in [1.165, 1.54) is 0 Å². The van der Waals surface area contributed by atoms with Crippen LogP contribution in [0, 0.1) is 0 Å². The zero-order valence-corrected chi connectivity index (χ0v) is 16.4. The Balaban J connectivity index is 1.75. The second-order valence-electron chi connectivity index (χ2n) is 5.85. The summed E-state index contributed by atoms with van der Waals surface area (Å²) in [5.74, 6) is 1.42. The lowest BCUT2D eigenvalue weighted by atomic mass is 10.2. The van der Waals surface area contributed by atoms with E-state index >= 15 is 0 Å². The molecule has 26 heavy (non-hydrogen) atoms. The molecule has 2 aromatic carbocycles. The second-order valence-corrected chi connectivity index (χ2v) is 6.70. The predicted molar refractivity (Wildman–Crippen MR) is 106 cm³/mol. The van der Waals surface area contributed by atoms with Gasteiger partial charge >= 0.3 is 0 Å². The maximum absolute atomic E-state index is 6.01. The third kappa shape index (κ3) is 5.22. The van der Waals surface area contributed by atoms with Gasteiger partial charge < -0.3 is 14.2 Å². The summed E-state index contributed by atoms with van der Waals surface area (Å²) in [6.45, 7) is 6.08. The van der Waals surface area contributed by atoms with Crippen molar-refractivity contribution in [3.8, 4) is 11.5 Å². The Labute approximate surface area is 162 Å². The molecule has 6 heteroatoms. The van der Waals surface area contributed by atoms with E-state index in [-0.39, 0.29) is 0 Å². The number of benzene rings is 2. The molecule has 0 spiro atoms. The lowest BCUT2D eigenvalue weighted by Gasteiger charge is -2.23. The fourth-order valence-electron chi connectivity index (χ4n) is 2.61. The van der Waals surface area contributed by atoms with Crippen LogP contribution in [0.4, 0.5) is 0 Å². The average Bonchev–Trinajstić information content (AvgIpc) is 2.67. The summed E-state index contributed by atoms with van der Waals surface area (Å²) >= 11 is 3.61. The van der Waals surface area contributed by atoms with Crippen molar-refractivity contribution in [3.63, 3.8) is 0 Å². The van der Waals surface area contributed by atoms with Crippen LogP contribution in [0.25, 0.3) is 0 Å². The molecule has 138 valence electrons. The first kappa shape index (κ1) is 18.7. The van der Waals surface area contributed by atoms with Crippen molar-refractivity contribution < 1.29 is 14.2 Å². The number of morpholine rings is 1. The summed E-state index contributed by atoms with van der Waals surface area (Å²) in [5.41, 5.74) is 2.07. The van der Waals surface area contributed by atoms with Gasteiger partial charge in [0.1, 0.15) is 6.61 Å². The van der Waals surface area contributed by atoms with Gasteiger partial charge in [-0.2, -0.15) is 5.10 Å². The van der Waals surface area contributed by atoms with Crippen molar-refractivity contribution in [1.29, 1.82) is 0 Å². The van der Waals surface area contributed by atoms with E-state index in [0.29, 0.717) is 24.7 Å². The molecule has 0 amide bonds. The molecule has 0 atom stereocenters. The molecule has 0 N–H and O–H groups in total. The molecule has 1 heterocycles. The fourth-order valence-corrected chi connectivity index (χ4v) is 3.19. The molecule has 1 aliphatic rings. The number of hydrazone groups is 1. The molecule has 1 saturated heterocycles. The number of ether oxygens (including phenoxy) is 3. The Hall–Kier alpha value is -2.05. The van der Waals surface area contributed by atoms with Gasteiger partial charge in [0.2, 0.25) is 0 Å². The summed E-state index contributed by atoms with van der Waals surface area (Å²) in [6, 6.07) is 14.0. The van der Waals surface area contributed by atoms with E-state index in [2.05, 4.69) is 21.0 Å². The highest BCUT2D eigenvalue weighted by Gasteiger charge is 2.13. The average molecular weight is 419 g/mol.